The first-order valence-electron chi connectivity index (χ1n) is 6.87. The first-order valence-corrected chi connectivity index (χ1v) is 7.67. The number of halogens is 1. The lowest BCUT2D eigenvalue weighted by Gasteiger charge is -2.45. The van der Waals surface area contributed by atoms with Crippen molar-refractivity contribution in [2.45, 2.75) is 18.6 Å². The summed E-state index contributed by atoms with van der Waals surface area (Å²) >= 11 is 3.40. The van der Waals surface area contributed by atoms with Gasteiger partial charge in [0.05, 0.1) is 24.3 Å². The summed E-state index contributed by atoms with van der Waals surface area (Å²) in [6.07, 6.45) is 4.48. The van der Waals surface area contributed by atoms with E-state index in [2.05, 4.69) is 32.9 Å². The standard InChI is InChI=1S/C14H18BrN3O2/c1-17-6-7-20-13-3-5-18(9-12(13)17)14(19)10-2-4-16-8-11(10)15/h2,4,8,12-13H,3,5-7,9H2,1H3/t12-,13+/m1/s1. The molecule has 0 aromatic carbocycles. The van der Waals surface area contributed by atoms with Gasteiger partial charge in [0.2, 0.25) is 0 Å². The maximum Gasteiger partial charge on any atom is 0.255 e. The molecule has 0 aliphatic carbocycles. The highest BCUT2D eigenvalue weighted by atomic mass is 79.9. The number of carbonyl (C=O) groups is 1. The summed E-state index contributed by atoms with van der Waals surface area (Å²) in [6.45, 7) is 3.21. The predicted molar refractivity (Wildman–Crippen MR) is 78.6 cm³/mol. The molecular formula is C14H18BrN3O2. The predicted octanol–water partition coefficient (Wildman–Crippen LogP) is 1.39. The minimum absolute atomic E-state index is 0.0664. The van der Waals surface area contributed by atoms with Crippen LogP contribution in [0.5, 0.6) is 0 Å². The van der Waals surface area contributed by atoms with E-state index < -0.39 is 0 Å². The number of likely N-dealkylation sites (tertiary alicyclic amines) is 1. The normalized spacial score (nSPS) is 27.2. The minimum Gasteiger partial charge on any atom is -0.375 e. The zero-order valence-electron chi connectivity index (χ0n) is 11.5. The molecule has 1 aromatic heterocycles. The number of ether oxygens (including phenoxy) is 1. The van der Waals surface area contributed by atoms with Crippen LogP contribution in [0.3, 0.4) is 0 Å². The molecule has 2 atom stereocenters. The molecule has 6 heteroatoms. The van der Waals surface area contributed by atoms with E-state index in [0.29, 0.717) is 11.6 Å². The van der Waals surface area contributed by atoms with Gasteiger partial charge in [-0.3, -0.25) is 14.7 Å². The molecule has 0 N–H and O–H groups in total. The van der Waals surface area contributed by atoms with Crippen molar-refractivity contribution in [2.24, 2.45) is 0 Å². The average molecular weight is 340 g/mol. The second-order valence-electron chi connectivity index (χ2n) is 5.35. The smallest absolute Gasteiger partial charge is 0.255 e. The van der Waals surface area contributed by atoms with Crippen LogP contribution in [0, 0.1) is 0 Å². The molecule has 20 heavy (non-hydrogen) atoms. The van der Waals surface area contributed by atoms with Gasteiger partial charge in [0.25, 0.3) is 5.91 Å². The summed E-state index contributed by atoms with van der Waals surface area (Å²) in [5.41, 5.74) is 0.679. The summed E-state index contributed by atoms with van der Waals surface area (Å²) < 4.78 is 6.56. The number of likely N-dealkylation sites (N-methyl/N-ethyl adjacent to an activating group) is 1. The van der Waals surface area contributed by atoms with Crippen LogP contribution < -0.4 is 0 Å². The zero-order valence-corrected chi connectivity index (χ0v) is 13.0. The maximum absolute atomic E-state index is 12.6. The molecule has 0 saturated carbocycles. The molecule has 1 aromatic rings. The van der Waals surface area contributed by atoms with Crippen LogP contribution in [0.25, 0.3) is 0 Å². The van der Waals surface area contributed by atoms with Gasteiger partial charge in [-0.15, -0.1) is 0 Å². The molecule has 0 unspecified atom stereocenters. The number of hydrogen-bond donors (Lipinski definition) is 0. The lowest BCUT2D eigenvalue weighted by Crippen LogP contribution is -2.59. The Morgan fingerprint density at radius 1 is 1.50 bits per heavy atom. The minimum atomic E-state index is 0.0664. The fraction of sp³-hybridized carbons (Fsp3) is 0.571. The first-order chi connectivity index (χ1) is 9.66. The summed E-state index contributed by atoms with van der Waals surface area (Å²) in [4.78, 5) is 20.8. The first kappa shape index (κ1) is 14.0. The van der Waals surface area contributed by atoms with Gasteiger partial charge in [0.15, 0.2) is 0 Å². The Morgan fingerprint density at radius 2 is 2.35 bits per heavy atom. The van der Waals surface area contributed by atoms with Gasteiger partial charge in [-0.1, -0.05) is 0 Å². The van der Waals surface area contributed by atoms with Gasteiger partial charge >= 0.3 is 0 Å². The van der Waals surface area contributed by atoms with Crippen molar-refractivity contribution in [1.82, 2.24) is 14.8 Å². The highest BCUT2D eigenvalue weighted by molar-refractivity contribution is 9.10. The summed E-state index contributed by atoms with van der Waals surface area (Å²) in [5.74, 6) is 0.0664. The number of fused-ring (bicyclic) bond motifs is 1. The Balaban J connectivity index is 1.75. The lowest BCUT2D eigenvalue weighted by molar-refractivity contribution is -0.0893. The van der Waals surface area contributed by atoms with Crippen molar-refractivity contribution in [3.8, 4) is 0 Å². The van der Waals surface area contributed by atoms with Crippen molar-refractivity contribution in [1.29, 1.82) is 0 Å². The summed E-state index contributed by atoms with van der Waals surface area (Å²) in [6, 6.07) is 2.07. The van der Waals surface area contributed by atoms with Crippen LogP contribution in [0.4, 0.5) is 0 Å². The van der Waals surface area contributed by atoms with Crippen LogP contribution in [-0.2, 0) is 4.74 Å². The van der Waals surface area contributed by atoms with E-state index >= 15 is 0 Å². The van der Waals surface area contributed by atoms with E-state index in [4.69, 9.17) is 4.74 Å². The van der Waals surface area contributed by atoms with Gasteiger partial charge in [0, 0.05) is 36.5 Å². The molecule has 2 saturated heterocycles. The quantitative estimate of drug-likeness (QED) is 0.775. The third-order valence-corrected chi connectivity index (χ3v) is 4.78. The number of carbonyl (C=O) groups excluding carboxylic acids is 1. The number of aromatic nitrogens is 1. The van der Waals surface area contributed by atoms with Crippen LogP contribution >= 0.6 is 15.9 Å². The van der Waals surface area contributed by atoms with E-state index in [1.54, 1.807) is 18.5 Å². The van der Waals surface area contributed by atoms with Crippen LogP contribution in [-0.4, -0.2) is 66.1 Å². The largest absolute Gasteiger partial charge is 0.375 e. The Hall–Kier alpha value is -0.980. The third-order valence-electron chi connectivity index (χ3n) is 4.15. The van der Waals surface area contributed by atoms with Crippen molar-refractivity contribution in [2.75, 3.05) is 33.3 Å². The molecule has 1 amide bonds. The lowest BCUT2D eigenvalue weighted by atomic mass is 9.98. The van der Waals surface area contributed by atoms with Gasteiger partial charge in [0.1, 0.15) is 0 Å². The molecule has 2 fully saturated rings. The fourth-order valence-electron chi connectivity index (χ4n) is 2.95. The molecule has 108 valence electrons. The van der Waals surface area contributed by atoms with E-state index in [-0.39, 0.29) is 12.0 Å². The second kappa shape index (κ2) is 5.79. The average Bonchev–Trinajstić information content (AvgIpc) is 2.47. The van der Waals surface area contributed by atoms with E-state index in [1.807, 2.05) is 4.90 Å². The Kier molecular flexibility index (Phi) is 4.05. The Labute approximate surface area is 127 Å². The number of nitrogens with zero attached hydrogens (tertiary/aromatic N) is 3. The number of rotatable bonds is 1. The van der Waals surface area contributed by atoms with Gasteiger partial charge in [-0.2, -0.15) is 0 Å². The van der Waals surface area contributed by atoms with Crippen LogP contribution in [0.15, 0.2) is 22.9 Å². The molecule has 0 radical (unpaired) electrons. The molecule has 2 aliphatic rings. The van der Waals surface area contributed by atoms with Crippen molar-refractivity contribution < 1.29 is 9.53 Å². The topological polar surface area (TPSA) is 45.7 Å². The number of piperidine rings is 1. The number of pyridine rings is 1. The fourth-order valence-corrected chi connectivity index (χ4v) is 3.37. The maximum atomic E-state index is 12.6. The number of hydrogen-bond acceptors (Lipinski definition) is 4. The van der Waals surface area contributed by atoms with Crippen LogP contribution in [0.1, 0.15) is 16.8 Å². The van der Waals surface area contributed by atoms with Crippen molar-refractivity contribution in [3.05, 3.63) is 28.5 Å². The number of amides is 1. The SMILES string of the molecule is CN1CCO[C@H]2CCN(C(=O)c3ccncc3Br)C[C@H]21. The Morgan fingerprint density at radius 3 is 3.15 bits per heavy atom. The molecule has 5 nitrogen and oxygen atoms in total. The monoisotopic (exact) mass is 339 g/mol. The highest BCUT2D eigenvalue weighted by Gasteiger charge is 2.37. The molecule has 3 rings (SSSR count). The van der Waals surface area contributed by atoms with Crippen molar-refractivity contribution in [3.63, 3.8) is 0 Å². The molecule has 3 heterocycles. The van der Waals surface area contributed by atoms with Gasteiger partial charge < -0.3 is 9.64 Å². The summed E-state index contributed by atoms with van der Waals surface area (Å²) in [7, 11) is 2.11. The van der Waals surface area contributed by atoms with Gasteiger partial charge in [-0.05, 0) is 35.5 Å². The van der Waals surface area contributed by atoms with Crippen molar-refractivity contribution >= 4 is 21.8 Å². The third kappa shape index (κ3) is 2.60. The molecule has 0 spiro atoms. The summed E-state index contributed by atoms with van der Waals surface area (Å²) in [5, 5.41) is 0. The number of morpholine rings is 1. The zero-order chi connectivity index (χ0) is 14.1. The molecule has 0 bridgehead atoms. The molecule has 2 aliphatic heterocycles. The highest BCUT2D eigenvalue weighted by Crippen LogP contribution is 2.24. The second-order valence-corrected chi connectivity index (χ2v) is 6.21. The van der Waals surface area contributed by atoms with Gasteiger partial charge in [-0.25, -0.2) is 0 Å². The van der Waals surface area contributed by atoms with E-state index in [9.17, 15) is 4.79 Å². The molecular weight excluding hydrogens is 322 g/mol. The Bertz CT molecular complexity index is 511. The van der Waals surface area contributed by atoms with Crippen LogP contribution in [0.2, 0.25) is 0 Å². The van der Waals surface area contributed by atoms with E-state index in [0.717, 1.165) is 37.1 Å². The van der Waals surface area contributed by atoms with E-state index in [1.165, 1.54) is 0 Å².